The van der Waals surface area contributed by atoms with Crippen molar-refractivity contribution in [2.75, 3.05) is 18.5 Å². The lowest BCUT2D eigenvalue weighted by atomic mass is 10.3. The quantitative estimate of drug-likeness (QED) is 0.775. The topological polar surface area (TPSA) is 64.9 Å². The maximum atomic E-state index is 5.58. The summed E-state index contributed by atoms with van der Waals surface area (Å²) in [6.45, 7) is 6.20. The molecule has 0 aliphatic rings. The summed E-state index contributed by atoms with van der Waals surface area (Å²) in [5.41, 5.74) is 0.833. The van der Waals surface area contributed by atoms with E-state index in [-0.39, 0.29) is 0 Å². The van der Waals surface area contributed by atoms with Gasteiger partial charge in [0.15, 0.2) is 11.5 Å². The van der Waals surface area contributed by atoms with Gasteiger partial charge in [-0.15, -0.1) is 0 Å². The van der Waals surface area contributed by atoms with E-state index in [2.05, 4.69) is 27.3 Å². The fourth-order valence-electron chi connectivity index (χ4n) is 1.84. The van der Waals surface area contributed by atoms with Crippen molar-refractivity contribution in [3.05, 3.63) is 12.0 Å². The lowest BCUT2D eigenvalue weighted by Gasteiger charge is -2.07. The van der Waals surface area contributed by atoms with Crippen LogP contribution in [0.25, 0.3) is 11.0 Å². The average Bonchev–Trinajstić information content (AvgIpc) is 2.78. The molecule has 0 saturated carbocycles. The largest absolute Gasteiger partial charge is 0.373 e. The fraction of sp³-hybridized carbons (Fsp3) is 0.615. The van der Waals surface area contributed by atoms with E-state index in [4.69, 9.17) is 4.74 Å². The van der Waals surface area contributed by atoms with Gasteiger partial charge in [0, 0.05) is 20.2 Å². The summed E-state index contributed by atoms with van der Waals surface area (Å²) in [4.78, 5) is 9.00. The summed E-state index contributed by atoms with van der Waals surface area (Å²) in [6, 6.07) is 0. The Bertz CT molecular complexity index is 537. The molecule has 2 heterocycles. The van der Waals surface area contributed by atoms with Crippen molar-refractivity contribution in [1.29, 1.82) is 0 Å². The predicted molar refractivity (Wildman–Crippen MR) is 75.0 cm³/mol. The first-order chi connectivity index (χ1) is 9.26. The zero-order valence-electron chi connectivity index (χ0n) is 11.8. The molecule has 0 saturated heterocycles. The highest BCUT2D eigenvalue weighted by Crippen LogP contribution is 2.19. The van der Waals surface area contributed by atoms with Gasteiger partial charge in [0.1, 0.15) is 12.4 Å². The summed E-state index contributed by atoms with van der Waals surface area (Å²) in [5, 5.41) is 8.41. The number of rotatable bonds is 7. The van der Waals surface area contributed by atoms with Crippen molar-refractivity contribution >= 4 is 16.9 Å². The van der Waals surface area contributed by atoms with Crippen LogP contribution in [0, 0.1) is 0 Å². The lowest BCUT2D eigenvalue weighted by molar-refractivity contribution is 0.113. The number of aromatic nitrogens is 4. The van der Waals surface area contributed by atoms with E-state index in [1.54, 1.807) is 10.9 Å². The van der Waals surface area contributed by atoms with E-state index in [0.29, 0.717) is 12.4 Å². The molecule has 0 unspecified atom stereocenters. The van der Waals surface area contributed by atoms with Crippen LogP contribution >= 0.6 is 0 Å². The van der Waals surface area contributed by atoms with Crippen LogP contribution in [0.1, 0.15) is 32.5 Å². The van der Waals surface area contributed by atoms with Gasteiger partial charge in [-0.3, -0.25) is 4.68 Å². The Balaban J connectivity index is 2.21. The van der Waals surface area contributed by atoms with E-state index in [1.165, 1.54) is 0 Å². The predicted octanol–water partition coefficient (Wildman–Crippen LogP) is 2.11. The highest BCUT2D eigenvalue weighted by atomic mass is 16.5. The summed E-state index contributed by atoms with van der Waals surface area (Å²) < 4.78 is 7.33. The Kier molecular flexibility index (Phi) is 4.68. The van der Waals surface area contributed by atoms with Crippen molar-refractivity contribution in [3.63, 3.8) is 0 Å². The molecule has 1 N–H and O–H groups in total. The molecule has 2 aromatic heterocycles. The summed E-state index contributed by atoms with van der Waals surface area (Å²) >= 11 is 0. The number of nitrogens with zero attached hydrogens (tertiary/aromatic N) is 4. The van der Waals surface area contributed by atoms with Gasteiger partial charge in [0.05, 0.1) is 11.6 Å². The third-order valence-corrected chi connectivity index (χ3v) is 2.86. The lowest BCUT2D eigenvalue weighted by Crippen LogP contribution is -2.07. The number of hydrogen-bond donors (Lipinski definition) is 1. The van der Waals surface area contributed by atoms with Gasteiger partial charge in [0.25, 0.3) is 0 Å². The van der Waals surface area contributed by atoms with Crippen LogP contribution < -0.4 is 5.32 Å². The first-order valence-corrected chi connectivity index (χ1v) is 6.76. The van der Waals surface area contributed by atoms with Gasteiger partial charge in [-0.25, -0.2) is 9.97 Å². The molecule has 0 aliphatic heterocycles. The molecule has 0 fully saturated rings. The highest BCUT2D eigenvalue weighted by Gasteiger charge is 2.10. The van der Waals surface area contributed by atoms with Gasteiger partial charge in [0.2, 0.25) is 0 Å². The minimum absolute atomic E-state index is 0.444. The zero-order chi connectivity index (χ0) is 13.7. The van der Waals surface area contributed by atoms with E-state index < -0.39 is 0 Å². The van der Waals surface area contributed by atoms with Crippen molar-refractivity contribution in [3.8, 4) is 0 Å². The first-order valence-electron chi connectivity index (χ1n) is 6.76. The molecule has 0 radical (unpaired) electrons. The maximum absolute atomic E-state index is 5.58. The Morgan fingerprint density at radius 3 is 2.89 bits per heavy atom. The second-order valence-corrected chi connectivity index (χ2v) is 4.43. The van der Waals surface area contributed by atoms with Gasteiger partial charge in [-0.2, -0.15) is 5.10 Å². The standard InChI is InChI=1S/C13H21N5O/c1-4-6-7-19-9-11-16-12(14-5-2)10-8-15-18(3)13(10)17-11/h8H,4-7,9H2,1-3H3,(H,14,16,17). The molecule has 6 nitrogen and oxygen atoms in total. The third kappa shape index (κ3) is 3.20. The normalized spacial score (nSPS) is 11.1. The van der Waals surface area contributed by atoms with E-state index in [0.717, 1.165) is 42.8 Å². The number of aryl methyl sites for hydroxylation is 1. The molecular weight excluding hydrogens is 242 g/mol. The molecule has 104 valence electrons. The number of nitrogens with one attached hydrogen (secondary N) is 1. The SMILES string of the molecule is CCCCOCc1nc(NCC)c2cnn(C)c2n1. The van der Waals surface area contributed by atoms with Crippen molar-refractivity contribution in [2.24, 2.45) is 7.05 Å². The molecule has 0 aromatic carbocycles. The van der Waals surface area contributed by atoms with Gasteiger partial charge in [-0.05, 0) is 13.3 Å². The number of unbranched alkanes of at least 4 members (excludes halogenated alkanes) is 1. The fourth-order valence-corrected chi connectivity index (χ4v) is 1.84. The minimum atomic E-state index is 0.444. The molecule has 19 heavy (non-hydrogen) atoms. The minimum Gasteiger partial charge on any atom is -0.373 e. The summed E-state index contributed by atoms with van der Waals surface area (Å²) in [7, 11) is 1.88. The molecule has 0 atom stereocenters. The summed E-state index contributed by atoms with van der Waals surface area (Å²) in [5.74, 6) is 1.53. The number of fused-ring (bicyclic) bond motifs is 1. The second kappa shape index (κ2) is 6.47. The van der Waals surface area contributed by atoms with Crippen LogP contribution in [-0.2, 0) is 18.4 Å². The van der Waals surface area contributed by atoms with Crippen molar-refractivity contribution in [2.45, 2.75) is 33.3 Å². The molecule has 2 aromatic rings. The van der Waals surface area contributed by atoms with Gasteiger partial charge in [-0.1, -0.05) is 13.3 Å². The van der Waals surface area contributed by atoms with E-state index >= 15 is 0 Å². The Morgan fingerprint density at radius 2 is 2.16 bits per heavy atom. The third-order valence-electron chi connectivity index (χ3n) is 2.86. The van der Waals surface area contributed by atoms with Crippen molar-refractivity contribution in [1.82, 2.24) is 19.7 Å². The maximum Gasteiger partial charge on any atom is 0.163 e. The smallest absolute Gasteiger partial charge is 0.163 e. The van der Waals surface area contributed by atoms with Crippen LogP contribution in [0.2, 0.25) is 0 Å². The number of anilines is 1. The molecule has 0 bridgehead atoms. The monoisotopic (exact) mass is 263 g/mol. The highest BCUT2D eigenvalue weighted by molar-refractivity contribution is 5.86. The molecule has 0 amide bonds. The molecule has 0 spiro atoms. The average molecular weight is 263 g/mol. The molecule has 6 heteroatoms. The zero-order valence-corrected chi connectivity index (χ0v) is 11.8. The number of ether oxygens (including phenoxy) is 1. The van der Waals surface area contributed by atoms with Gasteiger partial charge < -0.3 is 10.1 Å². The van der Waals surface area contributed by atoms with Crippen LogP contribution in [0.15, 0.2) is 6.20 Å². The molecule has 0 aliphatic carbocycles. The van der Waals surface area contributed by atoms with E-state index in [1.807, 2.05) is 14.0 Å². The van der Waals surface area contributed by atoms with Crippen molar-refractivity contribution < 1.29 is 4.74 Å². The summed E-state index contributed by atoms with van der Waals surface area (Å²) in [6.07, 6.45) is 3.98. The molecule has 2 rings (SSSR count). The van der Waals surface area contributed by atoms with Crippen LogP contribution in [0.4, 0.5) is 5.82 Å². The van der Waals surface area contributed by atoms with Crippen LogP contribution in [-0.4, -0.2) is 32.9 Å². The van der Waals surface area contributed by atoms with E-state index in [9.17, 15) is 0 Å². The second-order valence-electron chi connectivity index (χ2n) is 4.43. The van der Waals surface area contributed by atoms with Crippen LogP contribution in [0.5, 0.6) is 0 Å². The van der Waals surface area contributed by atoms with Gasteiger partial charge >= 0.3 is 0 Å². The Morgan fingerprint density at radius 1 is 1.32 bits per heavy atom. The number of hydrogen-bond acceptors (Lipinski definition) is 5. The Labute approximate surface area is 113 Å². The Hall–Kier alpha value is -1.69. The first kappa shape index (κ1) is 13.7. The molecular formula is C13H21N5O. The van der Waals surface area contributed by atoms with Crippen LogP contribution in [0.3, 0.4) is 0 Å².